The van der Waals surface area contributed by atoms with Crippen molar-refractivity contribution >= 4 is 27.5 Å². The van der Waals surface area contributed by atoms with E-state index in [4.69, 9.17) is 4.74 Å². The molecule has 1 atom stereocenters. The van der Waals surface area contributed by atoms with Crippen molar-refractivity contribution in [2.75, 3.05) is 23.4 Å². The third kappa shape index (κ3) is 2.86. The van der Waals surface area contributed by atoms with Gasteiger partial charge < -0.3 is 9.64 Å². The Morgan fingerprint density at radius 1 is 1.44 bits per heavy atom. The molecule has 0 N–H and O–H groups in total. The minimum Gasteiger partial charge on any atom is -0.482 e. The highest BCUT2D eigenvalue weighted by atomic mass is 79.9. The van der Waals surface area contributed by atoms with Crippen LogP contribution in [0, 0.1) is 5.92 Å². The summed E-state index contributed by atoms with van der Waals surface area (Å²) in [5.41, 5.74) is 0.899. The molecule has 0 spiro atoms. The van der Waals surface area contributed by atoms with Gasteiger partial charge in [0.05, 0.1) is 5.69 Å². The molecule has 0 aromatic heterocycles. The topological polar surface area (TPSA) is 29.5 Å². The second-order valence-electron chi connectivity index (χ2n) is 4.57. The third-order valence-electron chi connectivity index (χ3n) is 3.16. The number of anilines is 1. The van der Waals surface area contributed by atoms with Crippen LogP contribution < -0.4 is 9.64 Å². The van der Waals surface area contributed by atoms with Crippen molar-refractivity contribution in [3.8, 4) is 5.75 Å². The zero-order valence-electron chi connectivity index (χ0n) is 10.6. The fourth-order valence-corrected chi connectivity index (χ4v) is 2.77. The first kappa shape index (κ1) is 13.4. The summed E-state index contributed by atoms with van der Waals surface area (Å²) < 4.78 is 5.44. The van der Waals surface area contributed by atoms with E-state index in [0.29, 0.717) is 5.92 Å². The monoisotopic (exact) mass is 311 g/mol. The zero-order chi connectivity index (χ0) is 13.0. The Morgan fingerprint density at radius 2 is 2.22 bits per heavy atom. The highest BCUT2D eigenvalue weighted by Gasteiger charge is 2.26. The lowest BCUT2D eigenvalue weighted by Gasteiger charge is -2.31. The Hall–Kier alpha value is -1.03. The summed E-state index contributed by atoms with van der Waals surface area (Å²) in [4.78, 5) is 13.9. The smallest absolute Gasteiger partial charge is 0.265 e. The molecule has 0 radical (unpaired) electrons. The van der Waals surface area contributed by atoms with Crippen molar-refractivity contribution in [2.45, 2.75) is 19.8 Å². The Labute approximate surface area is 116 Å². The number of hydrogen-bond donors (Lipinski definition) is 0. The molecule has 1 aromatic rings. The molecule has 3 nitrogen and oxygen atoms in total. The number of para-hydroxylation sites is 2. The molecule has 1 aromatic carbocycles. The van der Waals surface area contributed by atoms with Crippen LogP contribution in [0.5, 0.6) is 5.75 Å². The van der Waals surface area contributed by atoms with Crippen molar-refractivity contribution in [2.24, 2.45) is 5.92 Å². The molecule has 0 saturated carbocycles. The number of carbonyl (C=O) groups excluding carboxylic acids is 1. The zero-order valence-corrected chi connectivity index (χ0v) is 12.1. The van der Waals surface area contributed by atoms with Crippen LogP contribution in [-0.2, 0) is 4.79 Å². The molecule has 2 rings (SSSR count). The Kier molecular flexibility index (Phi) is 4.64. The number of fused-ring (bicyclic) bond motifs is 1. The van der Waals surface area contributed by atoms with Crippen LogP contribution in [0.15, 0.2) is 24.3 Å². The van der Waals surface area contributed by atoms with E-state index >= 15 is 0 Å². The van der Waals surface area contributed by atoms with E-state index < -0.39 is 0 Å². The molecule has 1 aliphatic heterocycles. The highest BCUT2D eigenvalue weighted by Crippen LogP contribution is 2.32. The van der Waals surface area contributed by atoms with Gasteiger partial charge in [-0.1, -0.05) is 41.4 Å². The predicted molar refractivity (Wildman–Crippen MR) is 76.5 cm³/mol. The predicted octanol–water partition coefficient (Wildman–Crippen LogP) is 3.22. The highest BCUT2D eigenvalue weighted by molar-refractivity contribution is 9.09. The second kappa shape index (κ2) is 6.23. The van der Waals surface area contributed by atoms with Crippen LogP contribution in [0.25, 0.3) is 0 Å². The van der Waals surface area contributed by atoms with Crippen LogP contribution >= 0.6 is 15.9 Å². The molecular formula is C14H18BrNO2. The van der Waals surface area contributed by atoms with Gasteiger partial charge in [-0.15, -0.1) is 0 Å². The average molecular weight is 312 g/mol. The van der Waals surface area contributed by atoms with Crippen LogP contribution in [0.3, 0.4) is 0 Å². The summed E-state index contributed by atoms with van der Waals surface area (Å²) in [5, 5.41) is 0.924. The number of halogens is 1. The number of hydrogen-bond acceptors (Lipinski definition) is 2. The summed E-state index contributed by atoms with van der Waals surface area (Å²) in [6.45, 7) is 3.08. The summed E-state index contributed by atoms with van der Waals surface area (Å²) in [5.74, 6) is 1.35. The number of amides is 1. The molecule has 0 aliphatic carbocycles. The van der Waals surface area contributed by atoms with Crippen molar-refractivity contribution in [1.29, 1.82) is 0 Å². The van der Waals surface area contributed by atoms with Gasteiger partial charge >= 0.3 is 0 Å². The first-order valence-electron chi connectivity index (χ1n) is 6.34. The van der Waals surface area contributed by atoms with Crippen LogP contribution in [-0.4, -0.2) is 24.4 Å². The quantitative estimate of drug-likeness (QED) is 0.781. The van der Waals surface area contributed by atoms with E-state index in [1.165, 1.54) is 0 Å². The maximum Gasteiger partial charge on any atom is 0.265 e. The van der Waals surface area contributed by atoms with Crippen molar-refractivity contribution < 1.29 is 9.53 Å². The van der Waals surface area contributed by atoms with Gasteiger partial charge in [-0.3, -0.25) is 4.79 Å². The summed E-state index contributed by atoms with van der Waals surface area (Å²) in [6, 6.07) is 7.74. The van der Waals surface area contributed by atoms with E-state index in [2.05, 4.69) is 22.9 Å². The maximum absolute atomic E-state index is 12.0. The summed E-state index contributed by atoms with van der Waals surface area (Å²) >= 11 is 3.53. The molecule has 0 saturated heterocycles. The van der Waals surface area contributed by atoms with E-state index in [0.717, 1.165) is 36.2 Å². The summed E-state index contributed by atoms with van der Waals surface area (Å²) in [6.07, 6.45) is 2.26. The van der Waals surface area contributed by atoms with Gasteiger partial charge in [-0.05, 0) is 24.5 Å². The van der Waals surface area contributed by atoms with Gasteiger partial charge in [0.25, 0.3) is 5.91 Å². The fourth-order valence-electron chi connectivity index (χ4n) is 2.24. The molecule has 1 unspecified atom stereocenters. The van der Waals surface area contributed by atoms with Crippen molar-refractivity contribution in [1.82, 2.24) is 0 Å². The SMILES string of the molecule is CCCC(CBr)CN1C(=O)COc2ccccc21. The lowest BCUT2D eigenvalue weighted by Crippen LogP contribution is -2.42. The van der Waals surface area contributed by atoms with E-state index in [-0.39, 0.29) is 12.5 Å². The lowest BCUT2D eigenvalue weighted by atomic mass is 10.0. The molecule has 1 amide bonds. The number of benzene rings is 1. The minimum absolute atomic E-state index is 0.0516. The van der Waals surface area contributed by atoms with Gasteiger partial charge in [-0.25, -0.2) is 0 Å². The van der Waals surface area contributed by atoms with Crippen LogP contribution in [0.1, 0.15) is 19.8 Å². The minimum atomic E-state index is 0.0516. The number of nitrogens with zero attached hydrogens (tertiary/aromatic N) is 1. The van der Waals surface area contributed by atoms with Gasteiger partial charge in [0, 0.05) is 11.9 Å². The van der Waals surface area contributed by atoms with Crippen LogP contribution in [0.4, 0.5) is 5.69 Å². The Balaban J connectivity index is 2.18. The third-order valence-corrected chi connectivity index (χ3v) is 4.08. The molecule has 18 heavy (non-hydrogen) atoms. The Morgan fingerprint density at radius 3 is 2.94 bits per heavy atom. The average Bonchev–Trinajstić information content (AvgIpc) is 2.41. The Bertz CT molecular complexity index is 422. The normalized spacial score (nSPS) is 16.1. The van der Waals surface area contributed by atoms with Gasteiger partial charge in [-0.2, -0.15) is 0 Å². The van der Waals surface area contributed by atoms with Crippen molar-refractivity contribution in [3.63, 3.8) is 0 Å². The molecule has 0 fully saturated rings. The van der Waals surface area contributed by atoms with E-state index in [9.17, 15) is 4.79 Å². The second-order valence-corrected chi connectivity index (χ2v) is 5.22. The largest absolute Gasteiger partial charge is 0.482 e. The van der Waals surface area contributed by atoms with Gasteiger partial charge in [0.1, 0.15) is 5.75 Å². The number of alkyl halides is 1. The molecule has 98 valence electrons. The van der Waals surface area contributed by atoms with Crippen LogP contribution in [0.2, 0.25) is 0 Å². The van der Waals surface area contributed by atoms with Gasteiger partial charge in [0.2, 0.25) is 0 Å². The number of rotatable bonds is 5. The maximum atomic E-state index is 12.0. The molecule has 1 aliphatic rings. The van der Waals surface area contributed by atoms with Crippen molar-refractivity contribution in [3.05, 3.63) is 24.3 Å². The van der Waals surface area contributed by atoms with E-state index in [1.54, 1.807) is 0 Å². The molecule has 4 heteroatoms. The first-order valence-corrected chi connectivity index (χ1v) is 7.46. The lowest BCUT2D eigenvalue weighted by molar-refractivity contribution is -0.121. The van der Waals surface area contributed by atoms with Gasteiger partial charge in [0.15, 0.2) is 6.61 Å². The fraction of sp³-hybridized carbons (Fsp3) is 0.500. The first-order chi connectivity index (χ1) is 8.76. The number of ether oxygens (including phenoxy) is 1. The standard InChI is InChI=1S/C14H18BrNO2/c1-2-5-11(8-15)9-16-12-6-3-4-7-13(12)18-10-14(16)17/h3-4,6-7,11H,2,5,8-10H2,1H3. The molecule has 1 heterocycles. The van der Waals surface area contributed by atoms with E-state index in [1.807, 2.05) is 29.2 Å². The molecular weight excluding hydrogens is 294 g/mol. The molecule has 0 bridgehead atoms. The number of carbonyl (C=O) groups is 1. The summed E-state index contributed by atoms with van der Waals surface area (Å²) in [7, 11) is 0.